The van der Waals surface area contributed by atoms with E-state index in [1.807, 2.05) is 56.3 Å². The summed E-state index contributed by atoms with van der Waals surface area (Å²) in [4.78, 5) is 65.9. The molecule has 1 spiro atoms. The first-order valence-electron chi connectivity index (χ1n) is 21.4. The van der Waals surface area contributed by atoms with Gasteiger partial charge in [0.05, 0.1) is 39.2 Å². The van der Waals surface area contributed by atoms with Gasteiger partial charge in [-0.3, -0.25) is 24.2 Å². The lowest BCUT2D eigenvalue weighted by Crippen LogP contribution is -2.81. The number of nitrogens with one attached hydrogen (secondary N) is 1. The Kier molecular flexibility index (Phi) is 9.79. The summed E-state index contributed by atoms with van der Waals surface area (Å²) >= 11 is 0. The van der Waals surface area contributed by atoms with Crippen molar-refractivity contribution in [1.29, 1.82) is 0 Å². The number of benzene rings is 2. The van der Waals surface area contributed by atoms with Crippen molar-refractivity contribution in [3.05, 3.63) is 70.9 Å². The van der Waals surface area contributed by atoms with Crippen LogP contribution >= 0.6 is 0 Å². The Bertz CT molecular complexity index is 2350. The fourth-order valence-electron chi connectivity index (χ4n) is 13.3. The zero-order valence-corrected chi connectivity index (χ0v) is 35.6. The van der Waals surface area contributed by atoms with Crippen molar-refractivity contribution in [3.63, 3.8) is 0 Å². The second-order valence-electron chi connectivity index (χ2n) is 18.1. The van der Waals surface area contributed by atoms with Crippen LogP contribution in [0.3, 0.4) is 0 Å². The molecule has 3 unspecified atom stereocenters. The number of H-pyrrole nitrogens is 1. The maximum atomic E-state index is 15.3. The molecule has 1 aromatic heterocycles. The van der Waals surface area contributed by atoms with Crippen LogP contribution in [0.4, 0.5) is 5.69 Å². The summed E-state index contributed by atoms with van der Waals surface area (Å²) in [5.74, 6) is -2.79. The van der Waals surface area contributed by atoms with Crippen LogP contribution in [-0.4, -0.2) is 144 Å². The number of aromatic nitrogens is 1. The summed E-state index contributed by atoms with van der Waals surface area (Å²) in [6.45, 7) is 7.26. The van der Waals surface area contributed by atoms with Gasteiger partial charge in [0.2, 0.25) is 12.0 Å². The Morgan fingerprint density at radius 1 is 0.984 bits per heavy atom. The van der Waals surface area contributed by atoms with Gasteiger partial charge in [-0.1, -0.05) is 44.2 Å². The van der Waals surface area contributed by atoms with E-state index in [2.05, 4.69) is 14.8 Å². The number of anilines is 1. The molecular weight excluding hydrogens is 785 g/mol. The van der Waals surface area contributed by atoms with Crippen molar-refractivity contribution in [1.82, 2.24) is 14.8 Å². The lowest BCUT2D eigenvalue weighted by molar-refractivity contribution is -0.228. The number of fused-ring (bicyclic) bond motifs is 6. The van der Waals surface area contributed by atoms with Gasteiger partial charge in [-0.25, -0.2) is 4.79 Å². The molecule has 15 heteroatoms. The molecule has 5 aliphatic heterocycles. The lowest BCUT2D eigenvalue weighted by Gasteiger charge is -2.63. The van der Waals surface area contributed by atoms with Crippen LogP contribution in [0, 0.1) is 11.3 Å². The fourth-order valence-corrected chi connectivity index (χ4v) is 13.3. The molecule has 1 aliphatic carbocycles. The number of rotatable bonds is 8. The molecule has 6 aliphatic rings. The molecule has 15 nitrogen and oxygen atoms in total. The minimum atomic E-state index is -2.57. The molecule has 2 bridgehead atoms. The predicted molar refractivity (Wildman–Crippen MR) is 222 cm³/mol. The van der Waals surface area contributed by atoms with Crippen molar-refractivity contribution in [2.45, 2.75) is 99.2 Å². The Balaban J connectivity index is 1.39. The Hall–Kier alpha value is -4.80. The number of aromatic amines is 1. The zero-order valence-electron chi connectivity index (χ0n) is 35.6. The molecule has 1 amide bonds. The zero-order chi connectivity index (χ0) is 43.4. The Morgan fingerprint density at radius 3 is 2.41 bits per heavy atom. The number of hydrogen-bond acceptors (Lipinski definition) is 13. The van der Waals surface area contributed by atoms with Gasteiger partial charge in [0.25, 0.3) is 0 Å². The first-order valence-corrected chi connectivity index (χ1v) is 21.4. The van der Waals surface area contributed by atoms with Crippen molar-refractivity contribution < 1.29 is 53.4 Å². The minimum Gasteiger partial charge on any atom is -0.496 e. The van der Waals surface area contributed by atoms with E-state index in [1.165, 1.54) is 26.0 Å². The summed E-state index contributed by atoms with van der Waals surface area (Å²) in [7, 11) is 3.96. The van der Waals surface area contributed by atoms with Gasteiger partial charge in [0.15, 0.2) is 6.10 Å². The number of carbonyl (C=O) groups excluding carboxylic acids is 4. The van der Waals surface area contributed by atoms with Crippen LogP contribution < -0.4 is 9.64 Å². The molecule has 11 atom stereocenters. The Morgan fingerprint density at radius 2 is 1.74 bits per heavy atom. The monoisotopic (exact) mass is 840 g/mol. The number of carbonyl (C=O) groups is 4. The van der Waals surface area contributed by atoms with E-state index in [0.29, 0.717) is 74.4 Å². The number of aliphatic hydroxyl groups is 3. The normalized spacial score (nSPS) is 37.3. The molecule has 9 rings (SSSR count). The van der Waals surface area contributed by atoms with Gasteiger partial charge in [-0.15, -0.1) is 0 Å². The van der Waals surface area contributed by atoms with Gasteiger partial charge in [0.1, 0.15) is 16.8 Å². The molecular formula is C46H56N4O11. The average molecular weight is 841 g/mol. The highest BCUT2D eigenvalue weighted by Gasteiger charge is 2.81. The second kappa shape index (κ2) is 14.4. The number of ether oxygens (including phenoxy) is 4. The molecule has 1 saturated carbocycles. The molecule has 326 valence electrons. The van der Waals surface area contributed by atoms with Crippen LogP contribution in [0.1, 0.15) is 68.8 Å². The maximum absolute atomic E-state index is 15.3. The molecule has 4 N–H and O–H groups in total. The van der Waals surface area contributed by atoms with E-state index in [-0.39, 0.29) is 25.1 Å². The number of para-hydroxylation sites is 1. The highest BCUT2D eigenvalue weighted by molar-refractivity contribution is 5.96. The van der Waals surface area contributed by atoms with E-state index in [1.54, 1.807) is 6.07 Å². The SMILES string of the molecule is CC[C@@]1(O)CN2CCc3c([nH]c4ccccc34)[C@@](C(=O)OC)(c3cc4c(cc3OC)N(C=O)[C@H]3[C@@](O)(C(=O)OC)[C@H](OC(C)=O)[C@]5(CC)C=CCN6CC[C@]43[C@@H]65)CC(C2)C1O. The van der Waals surface area contributed by atoms with Crippen LogP contribution in [0.25, 0.3) is 10.9 Å². The van der Waals surface area contributed by atoms with Gasteiger partial charge in [-0.2, -0.15) is 0 Å². The number of hydrogen-bond donors (Lipinski definition) is 4. The van der Waals surface area contributed by atoms with Crippen LogP contribution in [-0.2, 0) is 50.6 Å². The van der Waals surface area contributed by atoms with Gasteiger partial charge in [-0.05, 0) is 61.9 Å². The minimum absolute atomic E-state index is 0.000253. The first-order chi connectivity index (χ1) is 29.2. The third kappa shape index (κ3) is 5.27. The van der Waals surface area contributed by atoms with Gasteiger partial charge in [0, 0.05) is 84.1 Å². The van der Waals surface area contributed by atoms with Gasteiger partial charge >= 0.3 is 17.9 Å². The molecule has 3 fully saturated rings. The third-order valence-electron chi connectivity index (χ3n) is 15.7. The first kappa shape index (κ1) is 41.5. The van der Waals surface area contributed by atoms with E-state index in [0.717, 1.165) is 23.6 Å². The number of esters is 3. The summed E-state index contributed by atoms with van der Waals surface area (Å²) in [5.41, 5.74) is -4.44. The molecule has 2 aromatic carbocycles. The van der Waals surface area contributed by atoms with E-state index in [9.17, 15) is 29.7 Å². The number of methoxy groups -OCH3 is 3. The van der Waals surface area contributed by atoms with Crippen LogP contribution in [0.5, 0.6) is 5.75 Å². The number of nitrogens with zero attached hydrogens (tertiary/aromatic N) is 3. The quantitative estimate of drug-likeness (QED) is 0.112. The number of piperidine rings is 1. The summed E-state index contributed by atoms with van der Waals surface area (Å²) in [6.07, 6.45) is 3.36. The number of amides is 1. The summed E-state index contributed by atoms with van der Waals surface area (Å²) in [5, 5.41) is 38.3. The van der Waals surface area contributed by atoms with Gasteiger partial charge < -0.3 is 44.2 Å². The van der Waals surface area contributed by atoms with Crippen molar-refractivity contribution in [2.75, 3.05) is 59.0 Å². The standard InChI is InChI=1S/C46H56N4O11/c1-7-42-15-11-17-49-19-16-44(37(42)49)30-20-31(34(58-4)21-33(30)50(25-51)38(44)46(57,41(55)60-6)39(42)61-26(3)52)45(40(54)59-5)22-27-23-48(24-43(56,8-2)36(27)53)18-14-29-28-12-9-10-13-32(28)47-35(29)45/h9-13,15,20-21,25,27,36-39,47,53,56-57H,7-8,14,16-19,22-24H2,1-6H3/t27?,36?,37-,38+,39+,42+,43+,44+,45-,46-/m0/s1. The molecule has 61 heavy (non-hydrogen) atoms. The summed E-state index contributed by atoms with van der Waals surface area (Å²) < 4.78 is 23.6. The largest absolute Gasteiger partial charge is 0.496 e. The fraction of sp³-hybridized carbons (Fsp3) is 0.565. The highest BCUT2D eigenvalue weighted by Crippen LogP contribution is 2.68. The highest BCUT2D eigenvalue weighted by atomic mass is 16.6. The lowest BCUT2D eigenvalue weighted by atomic mass is 9.47. The molecule has 6 heterocycles. The molecule has 0 radical (unpaired) electrons. The average Bonchev–Trinajstić information content (AvgIpc) is 3.94. The van der Waals surface area contributed by atoms with E-state index >= 15 is 4.79 Å². The predicted octanol–water partition coefficient (Wildman–Crippen LogP) is 2.49. The van der Waals surface area contributed by atoms with Crippen LogP contribution in [0.15, 0.2) is 48.6 Å². The van der Waals surface area contributed by atoms with Crippen molar-refractivity contribution in [2.24, 2.45) is 11.3 Å². The second-order valence-corrected chi connectivity index (χ2v) is 18.1. The van der Waals surface area contributed by atoms with E-state index < -0.39 is 75.6 Å². The molecule has 3 aromatic rings. The number of aliphatic hydroxyl groups excluding tert-OH is 1. The smallest absolute Gasteiger partial charge is 0.344 e. The summed E-state index contributed by atoms with van der Waals surface area (Å²) in [6, 6.07) is 9.58. The third-order valence-corrected chi connectivity index (χ3v) is 15.7. The molecule has 2 saturated heterocycles. The van der Waals surface area contributed by atoms with Crippen molar-refractivity contribution >= 4 is 40.9 Å². The topological polar surface area (TPSA) is 191 Å². The van der Waals surface area contributed by atoms with Crippen molar-refractivity contribution in [3.8, 4) is 5.75 Å². The maximum Gasteiger partial charge on any atom is 0.344 e. The Labute approximate surface area is 354 Å². The van der Waals surface area contributed by atoms with Crippen LogP contribution in [0.2, 0.25) is 0 Å². The van der Waals surface area contributed by atoms with E-state index in [4.69, 9.17) is 18.9 Å².